The maximum Gasteiger partial charge on any atom is 0.0593 e. The van der Waals surface area contributed by atoms with Gasteiger partial charge in [-0.2, -0.15) is 0 Å². The van der Waals surface area contributed by atoms with Crippen LogP contribution in [0, 0.1) is 0 Å². The Morgan fingerprint density at radius 2 is 2.14 bits per heavy atom. The smallest absolute Gasteiger partial charge is 0.0593 e. The van der Waals surface area contributed by atoms with Crippen LogP contribution in [0.15, 0.2) is 0 Å². The van der Waals surface area contributed by atoms with Gasteiger partial charge in [-0.15, -0.1) is 0 Å². The summed E-state index contributed by atoms with van der Waals surface area (Å²) in [4.78, 5) is 2.49. The Balaban J connectivity index is 1.93. The quantitative estimate of drug-likeness (QED) is 0.650. The molecular weight excluding hydrogens is 176 g/mol. The van der Waals surface area contributed by atoms with Gasteiger partial charge in [0.15, 0.2) is 0 Å². The third-order valence-electron chi connectivity index (χ3n) is 2.63. The van der Waals surface area contributed by atoms with E-state index < -0.39 is 0 Å². The van der Waals surface area contributed by atoms with Crippen molar-refractivity contribution in [3.63, 3.8) is 0 Å². The van der Waals surface area contributed by atoms with Crippen LogP contribution in [0.5, 0.6) is 0 Å². The van der Waals surface area contributed by atoms with Crippen LogP contribution in [-0.2, 0) is 4.74 Å². The number of rotatable bonds is 6. The highest BCUT2D eigenvalue weighted by molar-refractivity contribution is 4.65. The van der Waals surface area contributed by atoms with E-state index in [2.05, 4.69) is 17.1 Å². The molecule has 0 aromatic carbocycles. The molecule has 1 saturated heterocycles. The van der Waals surface area contributed by atoms with Crippen molar-refractivity contribution < 1.29 is 4.74 Å². The molecule has 1 rings (SSSR count). The molecule has 0 saturated carbocycles. The van der Waals surface area contributed by atoms with E-state index in [1.807, 2.05) is 0 Å². The van der Waals surface area contributed by atoms with Gasteiger partial charge in [0.2, 0.25) is 0 Å². The largest absolute Gasteiger partial charge is 0.380 e. The van der Waals surface area contributed by atoms with Gasteiger partial charge >= 0.3 is 0 Å². The molecule has 0 unspecified atom stereocenters. The van der Waals surface area contributed by atoms with E-state index >= 15 is 0 Å². The van der Waals surface area contributed by atoms with Crippen molar-refractivity contribution in [3.8, 4) is 0 Å². The zero-order valence-electron chi connectivity index (χ0n) is 9.43. The van der Waals surface area contributed by atoms with E-state index in [0.717, 1.165) is 26.3 Å². The molecule has 0 bridgehead atoms. The Morgan fingerprint density at radius 1 is 1.21 bits per heavy atom. The Labute approximate surface area is 87.8 Å². The SMILES string of the molecule is CCCCOCCN1CCCNCC1. The highest BCUT2D eigenvalue weighted by Gasteiger charge is 2.07. The maximum atomic E-state index is 5.56. The molecule has 1 fully saturated rings. The van der Waals surface area contributed by atoms with Gasteiger partial charge in [-0.3, -0.25) is 4.90 Å². The molecule has 0 atom stereocenters. The van der Waals surface area contributed by atoms with E-state index in [9.17, 15) is 0 Å². The molecule has 3 heteroatoms. The molecule has 84 valence electrons. The van der Waals surface area contributed by atoms with Gasteiger partial charge in [0.25, 0.3) is 0 Å². The predicted molar refractivity (Wildman–Crippen MR) is 59.7 cm³/mol. The lowest BCUT2D eigenvalue weighted by atomic mass is 10.4. The Bertz CT molecular complexity index is 122. The van der Waals surface area contributed by atoms with Crippen molar-refractivity contribution >= 4 is 0 Å². The number of ether oxygens (including phenoxy) is 1. The Kier molecular flexibility index (Phi) is 7.01. The third-order valence-corrected chi connectivity index (χ3v) is 2.63. The van der Waals surface area contributed by atoms with Crippen molar-refractivity contribution in [3.05, 3.63) is 0 Å². The topological polar surface area (TPSA) is 24.5 Å². The van der Waals surface area contributed by atoms with Crippen molar-refractivity contribution in [1.29, 1.82) is 0 Å². The molecular formula is C11H24N2O. The Morgan fingerprint density at radius 3 is 3.00 bits per heavy atom. The van der Waals surface area contributed by atoms with Crippen LogP contribution < -0.4 is 5.32 Å². The molecule has 14 heavy (non-hydrogen) atoms. The Hall–Kier alpha value is -0.120. The van der Waals surface area contributed by atoms with E-state index in [1.165, 1.54) is 38.9 Å². The molecule has 3 nitrogen and oxygen atoms in total. The van der Waals surface area contributed by atoms with Gasteiger partial charge in [0.1, 0.15) is 0 Å². The molecule has 0 aliphatic carbocycles. The van der Waals surface area contributed by atoms with E-state index in [4.69, 9.17) is 4.74 Å². The van der Waals surface area contributed by atoms with E-state index in [1.54, 1.807) is 0 Å². The summed E-state index contributed by atoms with van der Waals surface area (Å²) in [6, 6.07) is 0. The lowest BCUT2D eigenvalue weighted by Gasteiger charge is -2.18. The molecule has 1 heterocycles. The molecule has 0 radical (unpaired) electrons. The van der Waals surface area contributed by atoms with Gasteiger partial charge in [-0.25, -0.2) is 0 Å². The molecule has 0 aromatic rings. The van der Waals surface area contributed by atoms with Crippen LogP contribution >= 0.6 is 0 Å². The van der Waals surface area contributed by atoms with E-state index in [0.29, 0.717) is 0 Å². The van der Waals surface area contributed by atoms with Crippen molar-refractivity contribution in [2.75, 3.05) is 45.9 Å². The van der Waals surface area contributed by atoms with Crippen molar-refractivity contribution in [1.82, 2.24) is 10.2 Å². The van der Waals surface area contributed by atoms with Crippen molar-refractivity contribution in [2.45, 2.75) is 26.2 Å². The van der Waals surface area contributed by atoms with Crippen LogP contribution in [0.3, 0.4) is 0 Å². The minimum atomic E-state index is 0.903. The molecule has 0 aromatic heterocycles. The van der Waals surface area contributed by atoms with Gasteiger partial charge < -0.3 is 10.1 Å². The fraction of sp³-hybridized carbons (Fsp3) is 1.00. The first-order valence-corrected chi connectivity index (χ1v) is 5.94. The molecule has 1 aliphatic heterocycles. The number of nitrogens with zero attached hydrogens (tertiary/aromatic N) is 1. The van der Waals surface area contributed by atoms with Crippen molar-refractivity contribution in [2.24, 2.45) is 0 Å². The summed E-state index contributed by atoms with van der Waals surface area (Å²) in [6.45, 7) is 9.85. The van der Waals surface area contributed by atoms with E-state index in [-0.39, 0.29) is 0 Å². The first-order chi connectivity index (χ1) is 6.93. The summed E-state index contributed by atoms with van der Waals surface area (Å²) in [5.74, 6) is 0. The van der Waals surface area contributed by atoms with Crippen LogP contribution in [0.4, 0.5) is 0 Å². The highest BCUT2D eigenvalue weighted by Crippen LogP contribution is 1.95. The average Bonchev–Trinajstić information content (AvgIpc) is 2.46. The molecule has 1 aliphatic rings. The highest BCUT2D eigenvalue weighted by atomic mass is 16.5. The number of nitrogens with one attached hydrogen (secondary N) is 1. The summed E-state index contributed by atoms with van der Waals surface area (Å²) < 4.78 is 5.56. The average molecular weight is 200 g/mol. The third kappa shape index (κ3) is 5.58. The minimum absolute atomic E-state index is 0.903. The van der Waals surface area contributed by atoms with Gasteiger partial charge in [0, 0.05) is 26.2 Å². The van der Waals surface area contributed by atoms with Crippen LogP contribution in [0.2, 0.25) is 0 Å². The molecule has 1 N–H and O–H groups in total. The second-order valence-electron chi connectivity index (χ2n) is 3.91. The summed E-state index contributed by atoms with van der Waals surface area (Å²) in [7, 11) is 0. The monoisotopic (exact) mass is 200 g/mol. The van der Waals surface area contributed by atoms with Crippen LogP contribution in [-0.4, -0.2) is 50.8 Å². The maximum absolute atomic E-state index is 5.56. The van der Waals surface area contributed by atoms with Gasteiger partial charge in [-0.1, -0.05) is 13.3 Å². The first-order valence-electron chi connectivity index (χ1n) is 5.94. The summed E-state index contributed by atoms with van der Waals surface area (Å²) in [6.07, 6.45) is 3.70. The summed E-state index contributed by atoms with van der Waals surface area (Å²) in [5.41, 5.74) is 0. The van der Waals surface area contributed by atoms with Gasteiger partial charge in [0.05, 0.1) is 6.61 Å². The minimum Gasteiger partial charge on any atom is -0.380 e. The second-order valence-corrected chi connectivity index (χ2v) is 3.91. The number of hydrogen-bond donors (Lipinski definition) is 1. The number of hydrogen-bond acceptors (Lipinski definition) is 3. The lowest BCUT2D eigenvalue weighted by Crippen LogP contribution is -2.31. The fourth-order valence-corrected chi connectivity index (χ4v) is 1.67. The zero-order valence-corrected chi connectivity index (χ0v) is 9.43. The lowest BCUT2D eigenvalue weighted by molar-refractivity contribution is 0.104. The molecule has 0 amide bonds. The normalized spacial score (nSPS) is 19.5. The fourth-order valence-electron chi connectivity index (χ4n) is 1.67. The van der Waals surface area contributed by atoms with Crippen LogP contribution in [0.25, 0.3) is 0 Å². The second kappa shape index (κ2) is 8.21. The molecule has 0 spiro atoms. The van der Waals surface area contributed by atoms with Gasteiger partial charge in [-0.05, 0) is 25.9 Å². The summed E-state index contributed by atoms with van der Waals surface area (Å²) >= 11 is 0. The standard InChI is InChI=1S/C11H24N2O/c1-2-3-10-14-11-9-13-7-4-5-12-6-8-13/h12H,2-11H2,1H3. The zero-order chi connectivity index (χ0) is 10.1. The number of unbranched alkanes of at least 4 members (excludes halogenated alkanes) is 1. The van der Waals surface area contributed by atoms with Crippen LogP contribution in [0.1, 0.15) is 26.2 Å². The first kappa shape index (κ1) is 12.0. The predicted octanol–water partition coefficient (Wildman–Crippen LogP) is 1.10. The summed E-state index contributed by atoms with van der Waals surface area (Å²) in [5, 5.41) is 3.41.